The van der Waals surface area contributed by atoms with Gasteiger partial charge in [-0.25, -0.2) is 0 Å². The molecule has 1 aromatic carbocycles. The molecule has 0 spiro atoms. The fourth-order valence-corrected chi connectivity index (χ4v) is 3.09. The van der Waals surface area contributed by atoms with Crippen molar-refractivity contribution >= 4 is 5.91 Å². The highest BCUT2D eigenvalue weighted by molar-refractivity contribution is 5.82. The average Bonchev–Trinajstić information content (AvgIpc) is 3.10. The van der Waals surface area contributed by atoms with E-state index in [1.807, 2.05) is 49.9 Å². The molecule has 25 heavy (non-hydrogen) atoms. The average molecular weight is 343 g/mol. The Hall–Kier alpha value is -2.37. The van der Waals surface area contributed by atoms with Crippen molar-refractivity contribution in [1.29, 1.82) is 0 Å². The molecule has 1 unspecified atom stereocenters. The van der Waals surface area contributed by atoms with Gasteiger partial charge in [0.05, 0.1) is 7.11 Å². The fourth-order valence-electron chi connectivity index (χ4n) is 3.09. The molecule has 6 nitrogen and oxygen atoms in total. The van der Waals surface area contributed by atoms with E-state index >= 15 is 0 Å². The number of amides is 1. The Morgan fingerprint density at radius 2 is 1.96 bits per heavy atom. The smallest absolute Gasteiger partial charge is 0.249 e. The third kappa shape index (κ3) is 3.67. The minimum atomic E-state index is -0.422. The molecule has 2 heterocycles. The van der Waals surface area contributed by atoms with Gasteiger partial charge in [0.1, 0.15) is 11.8 Å². The van der Waals surface area contributed by atoms with E-state index < -0.39 is 5.41 Å². The lowest BCUT2D eigenvalue weighted by Crippen LogP contribution is -2.44. The van der Waals surface area contributed by atoms with E-state index in [0.717, 1.165) is 37.1 Å². The van der Waals surface area contributed by atoms with Crippen LogP contribution in [0.2, 0.25) is 0 Å². The van der Waals surface area contributed by atoms with Crippen molar-refractivity contribution < 1.29 is 14.1 Å². The van der Waals surface area contributed by atoms with Crippen LogP contribution in [0.25, 0.3) is 11.4 Å². The molecule has 1 aliphatic rings. The molecule has 1 saturated heterocycles. The predicted molar refractivity (Wildman–Crippen MR) is 94.0 cm³/mol. The van der Waals surface area contributed by atoms with E-state index in [1.54, 1.807) is 7.11 Å². The first-order valence-electron chi connectivity index (χ1n) is 8.69. The van der Waals surface area contributed by atoms with Crippen LogP contribution in [0.5, 0.6) is 5.75 Å². The Kier molecular flexibility index (Phi) is 4.79. The second kappa shape index (κ2) is 6.86. The van der Waals surface area contributed by atoms with Crippen LogP contribution in [-0.2, 0) is 4.79 Å². The van der Waals surface area contributed by atoms with Gasteiger partial charge in [0.2, 0.25) is 17.6 Å². The number of benzene rings is 1. The van der Waals surface area contributed by atoms with Crippen LogP contribution in [0.1, 0.15) is 52.0 Å². The van der Waals surface area contributed by atoms with Crippen molar-refractivity contribution in [2.45, 2.75) is 46.1 Å². The number of piperidine rings is 1. The molecule has 1 aromatic heterocycles. The molecule has 3 rings (SSSR count). The van der Waals surface area contributed by atoms with Gasteiger partial charge in [0.25, 0.3) is 0 Å². The van der Waals surface area contributed by atoms with Crippen LogP contribution < -0.4 is 4.74 Å². The zero-order valence-electron chi connectivity index (χ0n) is 15.3. The van der Waals surface area contributed by atoms with Gasteiger partial charge in [-0.2, -0.15) is 4.98 Å². The monoisotopic (exact) mass is 343 g/mol. The lowest BCUT2D eigenvalue weighted by molar-refractivity contribution is -0.144. The van der Waals surface area contributed by atoms with Crippen molar-refractivity contribution in [3.05, 3.63) is 30.2 Å². The molecule has 6 heteroatoms. The summed E-state index contributed by atoms with van der Waals surface area (Å²) in [6.07, 6.45) is 2.92. The van der Waals surface area contributed by atoms with Gasteiger partial charge in [-0.1, -0.05) is 25.9 Å². The first kappa shape index (κ1) is 17.5. The van der Waals surface area contributed by atoms with E-state index in [4.69, 9.17) is 9.26 Å². The van der Waals surface area contributed by atoms with Gasteiger partial charge in [-0.05, 0) is 43.5 Å². The molecule has 1 fully saturated rings. The van der Waals surface area contributed by atoms with Gasteiger partial charge in [-0.15, -0.1) is 0 Å². The second-order valence-corrected chi connectivity index (χ2v) is 7.44. The normalized spacial score (nSPS) is 18.2. The highest BCUT2D eigenvalue weighted by Crippen LogP contribution is 2.34. The van der Waals surface area contributed by atoms with Crippen molar-refractivity contribution in [3.63, 3.8) is 0 Å². The minimum absolute atomic E-state index is 0.126. The first-order valence-corrected chi connectivity index (χ1v) is 8.69. The Morgan fingerprint density at radius 1 is 1.24 bits per heavy atom. The predicted octanol–water partition coefficient (Wildman–Crippen LogP) is 3.84. The summed E-state index contributed by atoms with van der Waals surface area (Å²) in [5.41, 5.74) is 0.439. The molecule has 0 aliphatic carbocycles. The Bertz CT molecular complexity index is 731. The molecule has 1 amide bonds. The largest absolute Gasteiger partial charge is 0.497 e. The SMILES string of the molecule is COc1ccc(-c2noc(C3CCCCN3C(=O)C(C)(C)C)n2)cc1. The van der Waals surface area contributed by atoms with E-state index in [1.165, 1.54) is 0 Å². The van der Waals surface area contributed by atoms with Crippen LogP contribution in [0.4, 0.5) is 0 Å². The van der Waals surface area contributed by atoms with Crippen LogP contribution in [0.3, 0.4) is 0 Å². The van der Waals surface area contributed by atoms with Crippen LogP contribution >= 0.6 is 0 Å². The lowest BCUT2D eigenvalue weighted by atomic mass is 9.91. The number of nitrogens with zero attached hydrogens (tertiary/aromatic N) is 3. The summed E-state index contributed by atoms with van der Waals surface area (Å²) in [5.74, 6) is 1.96. The summed E-state index contributed by atoms with van der Waals surface area (Å²) >= 11 is 0. The van der Waals surface area contributed by atoms with Crippen molar-refractivity contribution in [1.82, 2.24) is 15.0 Å². The number of aromatic nitrogens is 2. The Morgan fingerprint density at radius 3 is 2.60 bits per heavy atom. The fraction of sp³-hybridized carbons (Fsp3) is 0.526. The van der Waals surface area contributed by atoms with Gasteiger partial charge in [0.15, 0.2) is 0 Å². The van der Waals surface area contributed by atoms with Gasteiger partial charge >= 0.3 is 0 Å². The lowest BCUT2D eigenvalue weighted by Gasteiger charge is -2.37. The van der Waals surface area contributed by atoms with Crippen LogP contribution in [0, 0.1) is 5.41 Å². The summed E-state index contributed by atoms with van der Waals surface area (Å²) in [4.78, 5) is 19.2. The summed E-state index contributed by atoms with van der Waals surface area (Å²) in [5, 5.41) is 4.11. The zero-order valence-corrected chi connectivity index (χ0v) is 15.3. The van der Waals surface area contributed by atoms with Crippen molar-refractivity contribution in [2.75, 3.05) is 13.7 Å². The van der Waals surface area contributed by atoms with Crippen LogP contribution in [0.15, 0.2) is 28.8 Å². The summed E-state index contributed by atoms with van der Waals surface area (Å²) in [7, 11) is 1.63. The number of ether oxygens (including phenoxy) is 1. The molecule has 0 saturated carbocycles. The number of rotatable bonds is 3. The number of likely N-dealkylation sites (tertiary alicyclic amines) is 1. The van der Waals surface area contributed by atoms with Gasteiger partial charge in [-0.3, -0.25) is 4.79 Å². The minimum Gasteiger partial charge on any atom is -0.497 e. The van der Waals surface area contributed by atoms with Crippen molar-refractivity contribution in [3.8, 4) is 17.1 Å². The molecule has 0 radical (unpaired) electrons. The van der Waals surface area contributed by atoms with Crippen molar-refractivity contribution in [2.24, 2.45) is 5.41 Å². The summed E-state index contributed by atoms with van der Waals surface area (Å²) < 4.78 is 10.7. The van der Waals surface area contributed by atoms with E-state index in [-0.39, 0.29) is 11.9 Å². The molecule has 2 aromatic rings. The number of hydrogen-bond donors (Lipinski definition) is 0. The highest BCUT2D eigenvalue weighted by atomic mass is 16.5. The van der Waals surface area contributed by atoms with E-state index in [9.17, 15) is 4.79 Å². The molecule has 134 valence electrons. The first-order chi connectivity index (χ1) is 11.9. The maximum absolute atomic E-state index is 12.8. The zero-order chi connectivity index (χ0) is 18.0. The third-order valence-corrected chi connectivity index (χ3v) is 4.48. The Labute approximate surface area is 148 Å². The topological polar surface area (TPSA) is 68.5 Å². The Balaban J connectivity index is 1.85. The molecule has 0 N–H and O–H groups in total. The van der Waals surface area contributed by atoms with Crippen LogP contribution in [-0.4, -0.2) is 34.6 Å². The summed E-state index contributed by atoms with van der Waals surface area (Å²) in [6, 6.07) is 7.38. The second-order valence-electron chi connectivity index (χ2n) is 7.44. The van der Waals surface area contributed by atoms with E-state index in [0.29, 0.717) is 11.7 Å². The molecular weight excluding hydrogens is 318 g/mol. The summed E-state index contributed by atoms with van der Waals surface area (Å²) in [6.45, 7) is 6.56. The quantitative estimate of drug-likeness (QED) is 0.847. The van der Waals surface area contributed by atoms with Gasteiger partial charge < -0.3 is 14.2 Å². The molecule has 0 bridgehead atoms. The highest BCUT2D eigenvalue weighted by Gasteiger charge is 2.36. The maximum atomic E-state index is 12.8. The molecule has 1 aliphatic heterocycles. The van der Waals surface area contributed by atoms with Gasteiger partial charge in [0, 0.05) is 17.5 Å². The number of carbonyl (C=O) groups excluding carboxylic acids is 1. The number of methoxy groups -OCH3 is 1. The molecule has 1 atom stereocenters. The number of carbonyl (C=O) groups is 1. The van der Waals surface area contributed by atoms with E-state index in [2.05, 4.69) is 10.1 Å². The standard InChI is InChI=1S/C19H25N3O3/c1-19(2,3)18(23)22-12-6-5-7-15(22)17-20-16(21-25-17)13-8-10-14(24-4)11-9-13/h8-11,15H,5-7,12H2,1-4H3. The molecular formula is C19H25N3O3. The number of hydrogen-bond acceptors (Lipinski definition) is 5. The maximum Gasteiger partial charge on any atom is 0.249 e. The third-order valence-electron chi connectivity index (χ3n) is 4.48.